The van der Waals surface area contributed by atoms with Gasteiger partial charge in [0.15, 0.2) is 12.2 Å². The van der Waals surface area contributed by atoms with Crippen molar-refractivity contribution >= 4 is 39.5 Å². The standard InChI is InChI=1S/C74H144O17P2/c1-64(2)50-42-34-26-21-17-15-13-11-9-10-12-14-16-18-24-30-40-48-56-73(78)90-70(61-85-72(77)55-47-39-33-32-37-45-53-67(7)8)63-89-93(82,83)87-59-68(75)58-86-92(80,81)88-62-69(91-74(79)57-49-41-31-25-28-36-44-52-66(5)6)60-84-71(76)54-46-38-29-23-20-19-22-27-35-43-51-65(3)4/h64-70,75H,9-63H2,1-8H3,(H,80,81)(H,82,83)/t68?,69-,70-/m1/s1. The van der Waals surface area contributed by atoms with E-state index >= 15 is 0 Å². The molecular weight excluding hydrogens is 1220 g/mol. The Morgan fingerprint density at radius 3 is 0.667 bits per heavy atom. The Labute approximate surface area is 568 Å². The van der Waals surface area contributed by atoms with Crippen molar-refractivity contribution in [3.8, 4) is 0 Å². The number of hydrogen-bond donors (Lipinski definition) is 3. The van der Waals surface area contributed by atoms with Crippen LogP contribution in [0.15, 0.2) is 0 Å². The number of carbonyl (C=O) groups is 4. The van der Waals surface area contributed by atoms with Crippen molar-refractivity contribution in [2.24, 2.45) is 23.7 Å². The average Bonchev–Trinajstić information content (AvgIpc) is 2.86. The predicted molar refractivity (Wildman–Crippen MR) is 377 cm³/mol. The van der Waals surface area contributed by atoms with E-state index in [-0.39, 0.29) is 25.7 Å². The van der Waals surface area contributed by atoms with E-state index in [1.807, 2.05) is 0 Å². The van der Waals surface area contributed by atoms with Gasteiger partial charge in [-0.3, -0.25) is 37.3 Å². The molecule has 0 rings (SSSR count). The van der Waals surface area contributed by atoms with Crippen molar-refractivity contribution in [3.63, 3.8) is 0 Å². The van der Waals surface area contributed by atoms with Crippen LogP contribution in [0.4, 0.5) is 0 Å². The summed E-state index contributed by atoms with van der Waals surface area (Å²) in [4.78, 5) is 72.6. The summed E-state index contributed by atoms with van der Waals surface area (Å²) in [6, 6.07) is 0. The van der Waals surface area contributed by atoms with E-state index in [1.165, 1.54) is 167 Å². The summed E-state index contributed by atoms with van der Waals surface area (Å²) in [7, 11) is -9.91. The number of phosphoric ester groups is 2. The first-order valence-electron chi connectivity index (χ1n) is 38.2. The Bertz CT molecular complexity index is 1830. The second kappa shape index (κ2) is 63.5. The van der Waals surface area contributed by atoms with Gasteiger partial charge < -0.3 is 33.8 Å². The van der Waals surface area contributed by atoms with E-state index in [0.29, 0.717) is 37.5 Å². The molecule has 0 aliphatic heterocycles. The van der Waals surface area contributed by atoms with Crippen molar-refractivity contribution in [1.82, 2.24) is 0 Å². The van der Waals surface area contributed by atoms with Crippen molar-refractivity contribution < 1.29 is 80.2 Å². The number of ether oxygens (including phenoxy) is 4. The molecule has 0 aromatic rings. The third kappa shape index (κ3) is 68.4. The van der Waals surface area contributed by atoms with Crippen molar-refractivity contribution in [1.29, 1.82) is 0 Å². The fraction of sp³-hybridized carbons (Fsp3) is 0.946. The first kappa shape index (κ1) is 91.1. The zero-order chi connectivity index (χ0) is 68.9. The molecular formula is C74H144O17P2. The van der Waals surface area contributed by atoms with Gasteiger partial charge in [0, 0.05) is 25.7 Å². The van der Waals surface area contributed by atoms with Crippen LogP contribution >= 0.6 is 15.6 Å². The second-order valence-corrected chi connectivity index (χ2v) is 31.5. The maximum Gasteiger partial charge on any atom is 0.472 e. The highest BCUT2D eigenvalue weighted by atomic mass is 31.2. The molecule has 5 atom stereocenters. The van der Waals surface area contributed by atoms with Gasteiger partial charge in [0.05, 0.1) is 26.4 Å². The SMILES string of the molecule is CC(C)CCCCCCCCCCCCCCCCCCCCC(=O)O[C@H](COC(=O)CCCCCCCCC(C)C)COP(=O)(O)OCC(O)COP(=O)(O)OC[C@@H](COC(=O)CCCCCCCCCCCCC(C)C)OC(=O)CCCCCCCCCC(C)C. The van der Waals surface area contributed by atoms with Crippen LogP contribution in [0, 0.1) is 23.7 Å². The summed E-state index contributed by atoms with van der Waals surface area (Å²) in [6.07, 6.45) is 47.6. The fourth-order valence-corrected chi connectivity index (χ4v) is 12.8. The molecule has 19 heteroatoms. The van der Waals surface area contributed by atoms with Crippen LogP contribution in [0.1, 0.15) is 370 Å². The predicted octanol–water partition coefficient (Wildman–Crippen LogP) is 21.3. The van der Waals surface area contributed by atoms with E-state index in [0.717, 1.165) is 108 Å². The van der Waals surface area contributed by atoms with E-state index in [1.54, 1.807) is 0 Å². The van der Waals surface area contributed by atoms with Gasteiger partial charge in [-0.2, -0.15) is 0 Å². The molecule has 3 N–H and O–H groups in total. The minimum absolute atomic E-state index is 0.103. The number of phosphoric acid groups is 2. The minimum Gasteiger partial charge on any atom is -0.462 e. The van der Waals surface area contributed by atoms with E-state index in [9.17, 15) is 43.2 Å². The highest BCUT2D eigenvalue weighted by molar-refractivity contribution is 7.47. The molecule has 0 amide bonds. The highest BCUT2D eigenvalue weighted by Crippen LogP contribution is 2.45. The van der Waals surface area contributed by atoms with Crippen LogP contribution in [-0.4, -0.2) is 96.7 Å². The molecule has 93 heavy (non-hydrogen) atoms. The molecule has 0 aromatic carbocycles. The molecule has 0 heterocycles. The van der Waals surface area contributed by atoms with Crippen LogP contribution in [-0.2, 0) is 65.4 Å². The smallest absolute Gasteiger partial charge is 0.462 e. The largest absolute Gasteiger partial charge is 0.472 e. The van der Waals surface area contributed by atoms with E-state index in [4.69, 9.17) is 37.0 Å². The summed E-state index contributed by atoms with van der Waals surface area (Å²) >= 11 is 0. The fourth-order valence-electron chi connectivity index (χ4n) is 11.2. The second-order valence-electron chi connectivity index (χ2n) is 28.6. The highest BCUT2D eigenvalue weighted by Gasteiger charge is 2.30. The van der Waals surface area contributed by atoms with Gasteiger partial charge in [0.25, 0.3) is 0 Å². The van der Waals surface area contributed by atoms with Crippen LogP contribution < -0.4 is 0 Å². The van der Waals surface area contributed by atoms with Gasteiger partial charge in [-0.05, 0) is 49.4 Å². The van der Waals surface area contributed by atoms with Crippen LogP contribution in [0.3, 0.4) is 0 Å². The lowest BCUT2D eigenvalue weighted by atomic mass is 10.0. The molecule has 0 fully saturated rings. The first-order valence-corrected chi connectivity index (χ1v) is 41.2. The summed E-state index contributed by atoms with van der Waals surface area (Å²) in [5, 5.41) is 10.6. The molecule has 3 unspecified atom stereocenters. The average molecular weight is 1370 g/mol. The molecule has 0 aliphatic rings. The zero-order valence-corrected chi connectivity index (χ0v) is 62.7. The summed E-state index contributed by atoms with van der Waals surface area (Å²) in [5.74, 6) is 0.825. The van der Waals surface area contributed by atoms with E-state index < -0.39 is 97.5 Å². The molecule has 0 saturated heterocycles. The van der Waals surface area contributed by atoms with Crippen molar-refractivity contribution in [3.05, 3.63) is 0 Å². The molecule has 552 valence electrons. The summed E-state index contributed by atoms with van der Waals surface area (Å²) in [6.45, 7) is 14.1. The maximum atomic E-state index is 13.0. The van der Waals surface area contributed by atoms with Crippen molar-refractivity contribution in [2.75, 3.05) is 39.6 Å². The number of carbonyl (C=O) groups excluding carboxylic acids is 4. The first-order chi connectivity index (χ1) is 44.6. The van der Waals surface area contributed by atoms with Gasteiger partial charge in [-0.1, -0.05) is 319 Å². The lowest BCUT2D eigenvalue weighted by molar-refractivity contribution is -0.161. The number of unbranched alkanes of at least 4 members (excludes halogenated alkanes) is 37. The van der Waals surface area contributed by atoms with Crippen LogP contribution in [0.5, 0.6) is 0 Å². The number of hydrogen-bond acceptors (Lipinski definition) is 15. The maximum absolute atomic E-state index is 13.0. The molecule has 0 radical (unpaired) electrons. The molecule has 0 aromatic heterocycles. The molecule has 17 nitrogen and oxygen atoms in total. The Morgan fingerprint density at radius 1 is 0.269 bits per heavy atom. The Morgan fingerprint density at radius 2 is 0.452 bits per heavy atom. The third-order valence-electron chi connectivity index (χ3n) is 17.1. The molecule has 0 spiro atoms. The van der Waals surface area contributed by atoms with Crippen LogP contribution in [0.25, 0.3) is 0 Å². The number of rotatable bonds is 71. The number of aliphatic hydroxyl groups is 1. The van der Waals surface area contributed by atoms with Gasteiger partial charge >= 0.3 is 39.5 Å². The zero-order valence-electron chi connectivity index (χ0n) is 60.9. The van der Waals surface area contributed by atoms with Gasteiger partial charge in [0.1, 0.15) is 19.3 Å². The number of aliphatic hydroxyl groups excluding tert-OH is 1. The third-order valence-corrected chi connectivity index (χ3v) is 19.0. The lowest BCUT2D eigenvalue weighted by Gasteiger charge is -2.21. The van der Waals surface area contributed by atoms with Crippen molar-refractivity contribution in [2.45, 2.75) is 388 Å². The monoisotopic (exact) mass is 1370 g/mol. The van der Waals surface area contributed by atoms with Gasteiger partial charge in [-0.15, -0.1) is 0 Å². The lowest BCUT2D eigenvalue weighted by Crippen LogP contribution is -2.30. The Kier molecular flexibility index (Phi) is 62.2. The van der Waals surface area contributed by atoms with Crippen LogP contribution in [0.2, 0.25) is 0 Å². The summed E-state index contributed by atoms with van der Waals surface area (Å²) < 4.78 is 68.3. The normalized spacial score (nSPS) is 14.2. The molecule has 0 aliphatic carbocycles. The number of esters is 4. The van der Waals surface area contributed by atoms with E-state index in [2.05, 4.69) is 55.4 Å². The van der Waals surface area contributed by atoms with Gasteiger partial charge in [0.2, 0.25) is 0 Å². The Hall–Kier alpha value is -1.94. The minimum atomic E-state index is -4.95. The van der Waals surface area contributed by atoms with Gasteiger partial charge in [-0.25, -0.2) is 9.13 Å². The Balaban J connectivity index is 5.15. The molecule has 0 bridgehead atoms. The summed E-state index contributed by atoms with van der Waals surface area (Å²) in [5.41, 5.74) is 0. The molecule has 0 saturated carbocycles. The topological polar surface area (TPSA) is 237 Å². The quantitative estimate of drug-likeness (QED) is 0.0222.